The molecule has 1 aromatic heterocycles. The van der Waals surface area contributed by atoms with Crippen LogP contribution in [-0.2, 0) is 16.1 Å². The van der Waals surface area contributed by atoms with E-state index in [1.165, 1.54) is 6.08 Å². The van der Waals surface area contributed by atoms with Crippen molar-refractivity contribution in [1.82, 2.24) is 9.55 Å². The van der Waals surface area contributed by atoms with Crippen LogP contribution in [0.2, 0.25) is 5.02 Å². The van der Waals surface area contributed by atoms with Crippen molar-refractivity contribution in [2.45, 2.75) is 13.5 Å². The molecule has 104 valence electrons. The highest BCUT2D eigenvalue weighted by molar-refractivity contribution is 6.31. The SMILES string of the molecule is CCOC(=O)C=Cc1ccc(Cn2ccnc2)c(Cl)c1. The molecule has 0 bridgehead atoms. The maximum Gasteiger partial charge on any atom is 0.330 e. The van der Waals surface area contributed by atoms with Crippen LogP contribution < -0.4 is 0 Å². The number of imidazole rings is 1. The Bertz CT molecular complexity index is 606. The van der Waals surface area contributed by atoms with Crippen molar-refractivity contribution in [3.63, 3.8) is 0 Å². The molecule has 1 heterocycles. The molecule has 0 aliphatic rings. The van der Waals surface area contributed by atoms with E-state index < -0.39 is 0 Å². The summed E-state index contributed by atoms with van der Waals surface area (Å²) in [6.07, 6.45) is 8.43. The number of rotatable bonds is 5. The van der Waals surface area contributed by atoms with Crippen molar-refractivity contribution < 1.29 is 9.53 Å². The molecule has 2 aromatic rings. The van der Waals surface area contributed by atoms with Crippen LogP contribution in [0.25, 0.3) is 6.08 Å². The second kappa shape index (κ2) is 6.91. The van der Waals surface area contributed by atoms with Gasteiger partial charge in [0, 0.05) is 30.0 Å². The number of esters is 1. The molecule has 0 atom stereocenters. The zero-order valence-electron chi connectivity index (χ0n) is 11.1. The lowest BCUT2D eigenvalue weighted by Gasteiger charge is -2.06. The molecule has 2 rings (SSSR count). The van der Waals surface area contributed by atoms with Crippen LogP contribution in [0.1, 0.15) is 18.1 Å². The largest absolute Gasteiger partial charge is 0.463 e. The normalized spacial score (nSPS) is 10.9. The Kier molecular flexibility index (Phi) is 4.96. The number of nitrogens with zero attached hydrogens (tertiary/aromatic N) is 2. The first-order valence-corrected chi connectivity index (χ1v) is 6.66. The predicted molar refractivity (Wildman–Crippen MR) is 78.4 cm³/mol. The Morgan fingerprint density at radius 2 is 2.35 bits per heavy atom. The summed E-state index contributed by atoms with van der Waals surface area (Å²) in [6.45, 7) is 2.81. The average molecular weight is 291 g/mol. The van der Waals surface area contributed by atoms with Crippen LogP contribution in [0.5, 0.6) is 0 Å². The third-order valence-electron chi connectivity index (χ3n) is 2.69. The second-order valence-corrected chi connectivity index (χ2v) is 4.58. The summed E-state index contributed by atoms with van der Waals surface area (Å²) in [6, 6.07) is 5.67. The lowest BCUT2D eigenvalue weighted by atomic mass is 10.1. The fraction of sp³-hybridized carbons (Fsp3) is 0.200. The summed E-state index contributed by atoms with van der Waals surface area (Å²) in [5.74, 6) is -0.355. The number of hydrogen-bond acceptors (Lipinski definition) is 3. The van der Waals surface area contributed by atoms with E-state index in [4.69, 9.17) is 16.3 Å². The van der Waals surface area contributed by atoms with Crippen LogP contribution in [0.4, 0.5) is 0 Å². The average Bonchev–Trinajstić information content (AvgIpc) is 2.92. The molecule has 0 unspecified atom stereocenters. The molecule has 0 saturated carbocycles. The molecule has 20 heavy (non-hydrogen) atoms. The first kappa shape index (κ1) is 14.3. The molecule has 0 aliphatic heterocycles. The van der Waals surface area contributed by atoms with Gasteiger partial charge in [-0.1, -0.05) is 23.7 Å². The van der Waals surface area contributed by atoms with E-state index in [1.807, 2.05) is 29.0 Å². The summed E-state index contributed by atoms with van der Waals surface area (Å²) >= 11 is 6.24. The van der Waals surface area contributed by atoms with Crippen molar-refractivity contribution in [2.75, 3.05) is 6.61 Å². The monoisotopic (exact) mass is 290 g/mol. The molecule has 4 nitrogen and oxygen atoms in total. The summed E-state index contributed by atoms with van der Waals surface area (Å²) in [5.41, 5.74) is 1.86. The zero-order valence-corrected chi connectivity index (χ0v) is 11.9. The minimum atomic E-state index is -0.355. The fourth-order valence-corrected chi connectivity index (χ4v) is 1.98. The van der Waals surface area contributed by atoms with Gasteiger partial charge in [0.25, 0.3) is 0 Å². The predicted octanol–water partition coefficient (Wildman–Crippen LogP) is 3.16. The Hall–Kier alpha value is -2.07. The van der Waals surface area contributed by atoms with Gasteiger partial charge in [-0.05, 0) is 30.2 Å². The molecule has 0 N–H and O–H groups in total. The standard InChI is InChI=1S/C15H15ClN2O2/c1-2-20-15(19)6-4-12-3-5-13(14(16)9-12)10-18-8-7-17-11-18/h3-9,11H,2,10H2,1H3. The molecule has 0 fully saturated rings. The Morgan fingerprint density at radius 3 is 3.00 bits per heavy atom. The van der Waals surface area contributed by atoms with E-state index in [-0.39, 0.29) is 5.97 Å². The minimum absolute atomic E-state index is 0.355. The first-order chi connectivity index (χ1) is 9.69. The molecule has 0 radical (unpaired) electrons. The quantitative estimate of drug-likeness (QED) is 0.627. The van der Waals surface area contributed by atoms with Gasteiger partial charge in [-0.25, -0.2) is 9.78 Å². The smallest absolute Gasteiger partial charge is 0.330 e. The van der Waals surface area contributed by atoms with E-state index in [0.717, 1.165) is 11.1 Å². The summed E-state index contributed by atoms with van der Waals surface area (Å²) in [4.78, 5) is 15.2. The Balaban J connectivity index is 2.07. The van der Waals surface area contributed by atoms with Crippen molar-refractivity contribution in [3.8, 4) is 0 Å². The van der Waals surface area contributed by atoms with Crippen molar-refractivity contribution in [2.24, 2.45) is 0 Å². The van der Waals surface area contributed by atoms with Crippen LogP contribution in [0.3, 0.4) is 0 Å². The van der Waals surface area contributed by atoms with Gasteiger partial charge < -0.3 is 9.30 Å². The van der Waals surface area contributed by atoms with Gasteiger partial charge in [0.1, 0.15) is 0 Å². The molecule has 0 amide bonds. The van der Waals surface area contributed by atoms with Gasteiger partial charge >= 0.3 is 5.97 Å². The molecule has 0 aliphatic carbocycles. The third kappa shape index (κ3) is 3.96. The van der Waals surface area contributed by atoms with Gasteiger partial charge in [-0.15, -0.1) is 0 Å². The van der Waals surface area contributed by atoms with Crippen molar-refractivity contribution in [3.05, 3.63) is 59.1 Å². The van der Waals surface area contributed by atoms with Crippen LogP contribution in [0, 0.1) is 0 Å². The summed E-state index contributed by atoms with van der Waals surface area (Å²) < 4.78 is 6.76. The molecular weight excluding hydrogens is 276 g/mol. The number of benzene rings is 1. The second-order valence-electron chi connectivity index (χ2n) is 4.17. The molecule has 0 spiro atoms. The molecule has 5 heteroatoms. The number of carbonyl (C=O) groups excluding carboxylic acids is 1. The van der Waals surface area contributed by atoms with Crippen molar-refractivity contribution >= 4 is 23.6 Å². The molecule has 1 aromatic carbocycles. The van der Waals surface area contributed by atoms with Gasteiger partial charge in [0.2, 0.25) is 0 Å². The zero-order chi connectivity index (χ0) is 14.4. The maximum atomic E-state index is 11.2. The highest BCUT2D eigenvalue weighted by Crippen LogP contribution is 2.19. The lowest BCUT2D eigenvalue weighted by Crippen LogP contribution is -1.99. The maximum absolute atomic E-state index is 11.2. The summed E-state index contributed by atoms with van der Waals surface area (Å²) in [7, 11) is 0. The van der Waals surface area contributed by atoms with E-state index >= 15 is 0 Å². The summed E-state index contributed by atoms with van der Waals surface area (Å²) in [5, 5.41) is 0.657. The first-order valence-electron chi connectivity index (χ1n) is 6.28. The van der Waals surface area contributed by atoms with Gasteiger partial charge in [0.05, 0.1) is 12.9 Å². The van der Waals surface area contributed by atoms with E-state index in [0.29, 0.717) is 18.2 Å². The number of halogens is 1. The van der Waals surface area contributed by atoms with Crippen LogP contribution in [0.15, 0.2) is 43.0 Å². The highest BCUT2D eigenvalue weighted by Gasteiger charge is 2.02. The number of hydrogen-bond donors (Lipinski definition) is 0. The van der Waals surface area contributed by atoms with Crippen LogP contribution >= 0.6 is 11.6 Å². The minimum Gasteiger partial charge on any atom is -0.463 e. The van der Waals surface area contributed by atoms with Gasteiger partial charge in [-0.3, -0.25) is 0 Å². The number of carbonyl (C=O) groups is 1. The fourth-order valence-electron chi connectivity index (χ4n) is 1.73. The van der Waals surface area contributed by atoms with E-state index in [1.54, 1.807) is 25.5 Å². The lowest BCUT2D eigenvalue weighted by molar-refractivity contribution is -0.137. The topological polar surface area (TPSA) is 44.1 Å². The Labute approximate surface area is 122 Å². The molecule has 0 saturated heterocycles. The van der Waals surface area contributed by atoms with Crippen LogP contribution in [-0.4, -0.2) is 22.1 Å². The van der Waals surface area contributed by atoms with E-state index in [9.17, 15) is 4.79 Å². The van der Waals surface area contributed by atoms with Gasteiger partial charge in [0.15, 0.2) is 0 Å². The van der Waals surface area contributed by atoms with Gasteiger partial charge in [-0.2, -0.15) is 0 Å². The Morgan fingerprint density at radius 1 is 1.50 bits per heavy atom. The highest BCUT2D eigenvalue weighted by atomic mass is 35.5. The number of ether oxygens (including phenoxy) is 1. The number of aromatic nitrogens is 2. The van der Waals surface area contributed by atoms with Crippen molar-refractivity contribution in [1.29, 1.82) is 0 Å². The third-order valence-corrected chi connectivity index (χ3v) is 3.04. The van der Waals surface area contributed by atoms with E-state index in [2.05, 4.69) is 4.98 Å². The molecular formula is C15H15ClN2O2.